The van der Waals surface area contributed by atoms with E-state index in [1.165, 1.54) is 12.1 Å². The molecule has 1 aromatic heterocycles. The lowest BCUT2D eigenvalue weighted by Crippen LogP contribution is -2.52. The van der Waals surface area contributed by atoms with Gasteiger partial charge >= 0.3 is 6.03 Å². The highest BCUT2D eigenvalue weighted by molar-refractivity contribution is 5.80. The monoisotopic (exact) mass is 507 g/mol. The zero-order chi connectivity index (χ0) is 25.2. The number of benzene rings is 1. The molecule has 2 N–H and O–H groups in total. The van der Waals surface area contributed by atoms with Gasteiger partial charge in [0, 0.05) is 38.1 Å². The molecule has 0 radical (unpaired) electrons. The molecule has 4 atom stereocenters. The average molecular weight is 508 g/mol. The molecule has 2 saturated heterocycles. The number of carbonyl (C=O) groups excluding carboxylic acids is 1. The number of hydrogen-bond donors (Lipinski definition) is 2. The van der Waals surface area contributed by atoms with Gasteiger partial charge in [0.2, 0.25) is 5.95 Å². The number of anilines is 1. The average Bonchev–Trinajstić information content (AvgIpc) is 3.52. The molecule has 11 heteroatoms. The molecular formula is C26H30FN7O3. The maximum Gasteiger partial charge on any atom is 0.319 e. The van der Waals surface area contributed by atoms with Gasteiger partial charge in [0.25, 0.3) is 6.02 Å². The van der Waals surface area contributed by atoms with E-state index < -0.39 is 0 Å². The summed E-state index contributed by atoms with van der Waals surface area (Å²) in [5.41, 5.74) is 1.63. The Morgan fingerprint density at radius 2 is 2.00 bits per heavy atom. The highest BCUT2D eigenvalue weighted by atomic mass is 19.1. The van der Waals surface area contributed by atoms with Crippen molar-refractivity contribution in [2.24, 2.45) is 4.99 Å². The minimum absolute atomic E-state index is 0.0281. The Balaban J connectivity index is 1.15. The Kier molecular flexibility index (Phi) is 6.60. The van der Waals surface area contributed by atoms with Gasteiger partial charge in [-0.25, -0.2) is 24.1 Å². The molecule has 0 aliphatic carbocycles. The molecule has 3 unspecified atom stereocenters. The summed E-state index contributed by atoms with van der Waals surface area (Å²) in [4.78, 5) is 30.6. The minimum Gasteiger partial charge on any atom is -0.432 e. The second-order valence-corrected chi connectivity index (χ2v) is 9.70. The van der Waals surface area contributed by atoms with Crippen LogP contribution in [0.4, 0.5) is 15.1 Å². The zero-order valence-corrected chi connectivity index (χ0v) is 20.4. The van der Waals surface area contributed by atoms with E-state index in [1.807, 2.05) is 22.1 Å². The molecular weight excluding hydrogens is 477 g/mol. The number of nitrogens with one attached hydrogen (secondary N) is 2. The fraction of sp³-hybridized carbons (Fsp3) is 0.462. The van der Waals surface area contributed by atoms with E-state index in [0.717, 1.165) is 43.4 Å². The number of urea groups is 1. The number of hydrogen-bond acceptors (Lipinski definition) is 8. The van der Waals surface area contributed by atoms with Crippen LogP contribution in [0.25, 0.3) is 0 Å². The van der Waals surface area contributed by atoms with Crippen LogP contribution >= 0.6 is 0 Å². The lowest BCUT2D eigenvalue weighted by Gasteiger charge is -2.35. The Morgan fingerprint density at radius 1 is 1.11 bits per heavy atom. The van der Waals surface area contributed by atoms with E-state index in [-0.39, 0.29) is 36.2 Å². The topological polar surface area (TPSA) is 104 Å². The second kappa shape index (κ2) is 10.3. The van der Waals surface area contributed by atoms with Crippen LogP contribution in [0, 0.1) is 5.82 Å². The quantitative estimate of drug-likeness (QED) is 0.636. The van der Waals surface area contributed by atoms with Crippen molar-refractivity contribution >= 4 is 18.0 Å². The number of aliphatic imine (C=N–C) groups is 1. The maximum absolute atomic E-state index is 13.5. The molecule has 0 saturated carbocycles. The van der Waals surface area contributed by atoms with Gasteiger partial charge in [0.15, 0.2) is 0 Å². The third-order valence-electron chi connectivity index (χ3n) is 7.16. The van der Waals surface area contributed by atoms with Crippen LogP contribution in [0.2, 0.25) is 0 Å². The summed E-state index contributed by atoms with van der Waals surface area (Å²) >= 11 is 0. The number of likely N-dealkylation sites (tertiary alicyclic amines) is 1. The predicted octanol–water partition coefficient (Wildman–Crippen LogP) is 3.68. The Bertz CT molecular complexity index is 1180. The van der Waals surface area contributed by atoms with E-state index in [9.17, 15) is 9.18 Å². The molecule has 194 valence electrons. The normalized spacial score (nSPS) is 26.9. The van der Waals surface area contributed by atoms with Crippen molar-refractivity contribution in [1.82, 2.24) is 25.1 Å². The number of amides is 2. The number of halogens is 1. The summed E-state index contributed by atoms with van der Waals surface area (Å²) in [5.74, 6) is 0.202. The highest BCUT2D eigenvalue weighted by Crippen LogP contribution is 2.43. The Morgan fingerprint density at radius 3 is 2.84 bits per heavy atom. The van der Waals surface area contributed by atoms with E-state index in [1.54, 1.807) is 24.6 Å². The number of ether oxygens (including phenoxy) is 2. The van der Waals surface area contributed by atoms with Crippen molar-refractivity contribution in [3.8, 4) is 0 Å². The van der Waals surface area contributed by atoms with E-state index in [4.69, 9.17) is 19.5 Å². The number of rotatable bonds is 5. The number of nitrogens with zero attached hydrogens (tertiary/aromatic N) is 5. The molecule has 5 heterocycles. The van der Waals surface area contributed by atoms with Crippen molar-refractivity contribution < 1.29 is 18.7 Å². The first-order valence-corrected chi connectivity index (χ1v) is 12.9. The first-order chi connectivity index (χ1) is 18.1. The van der Waals surface area contributed by atoms with Crippen LogP contribution < -0.4 is 10.6 Å². The number of amidine groups is 1. The molecule has 4 aliphatic heterocycles. The van der Waals surface area contributed by atoms with Crippen LogP contribution in [0.3, 0.4) is 0 Å². The largest absolute Gasteiger partial charge is 0.432 e. The third kappa shape index (κ3) is 5.08. The molecule has 6 rings (SSSR count). The Labute approximate surface area is 214 Å². The van der Waals surface area contributed by atoms with Crippen LogP contribution in [0.1, 0.15) is 55.4 Å². The first-order valence-electron chi connectivity index (χ1n) is 12.9. The molecule has 1 aromatic carbocycles. The van der Waals surface area contributed by atoms with E-state index in [0.29, 0.717) is 31.7 Å². The lowest BCUT2D eigenvalue weighted by molar-refractivity contribution is -0.00117. The fourth-order valence-electron chi connectivity index (χ4n) is 5.31. The van der Waals surface area contributed by atoms with Gasteiger partial charge < -0.3 is 25.0 Å². The molecule has 4 aliphatic rings. The molecule has 2 fully saturated rings. The number of fused-ring (bicyclic) bond motifs is 1. The van der Waals surface area contributed by atoms with Gasteiger partial charge in [0.1, 0.15) is 30.4 Å². The van der Waals surface area contributed by atoms with Gasteiger partial charge in [-0.15, -0.1) is 0 Å². The Hall–Kier alpha value is -3.73. The van der Waals surface area contributed by atoms with Crippen LogP contribution in [0.5, 0.6) is 0 Å². The van der Waals surface area contributed by atoms with Crippen LogP contribution in [-0.4, -0.2) is 63.8 Å². The maximum atomic E-state index is 13.5. The molecule has 0 bridgehead atoms. The number of piperidine rings is 1. The van der Waals surface area contributed by atoms with Crippen molar-refractivity contribution in [3.05, 3.63) is 66.1 Å². The number of aromatic nitrogens is 2. The van der Waals surface area contributed by atoms with E-state index in [2.05, 4.69) is 15.6 Å². The van der Waals surface area contributed by atoms with Crippen molar-refractivity contribution in [2.45, 2.75) is 56.5 Å². The molecule has 10 nitrogen and oxygen atoms in total. The zero-order valence-electron chi connectivity index (χ0n) is 20.4. The van der Waals surface area contributed by atoms with E-state index >= 15 is 0 Å². The molecule has 2 amide bonds. The van der Waals surface area contributed by atoms with Gasteiger partial charge in [-0.1, -0.05) is 12.1 Å². The summed E-state index contributed by atoms with van der Waals surface area (Å²) < 4.78 is 24.8. The summed E-state index contributed by atoms with van der Waals surface area (Å²) in [7, 11) is 0. The van der Waals surface area contributed by atoms with Crippen molar-refractivity contribution in [2.75, 3.05) is 25.0 Å². The summed E-state index contributed by atoms with van der Waals surface area (Å²) in [6.07, 6.45) is 9.70. The minimum atomic E-state index is -0.306. The van der Waals surface area contributed by atoms with Gasteiger partial charge in [-0.05, 0) is 55.9 Å². The summed E-state index contributed by atoms with van der Waals surface area (Å²) in [6.45, 7) is 1.96. The second-order valence-electron chi connectivity index (χ2n) is 9.70. The molecule has 0 spiro atoms. The van der Waals surface area contributed by atoms with Gasteiger partial charge in [0.05, 0.1) is 5.69 Å². The summed E-state index contributed by atoms with van der Waals surface area (Å²) in [6, 6.07) is 8.08. The molecule has 2 aromatic rings. The number of carbonyl (C=O) groups is 1. The predicted molar refractivity (Wildman–Crippen MR) is 134 cm³/mol. The van der Waals surface area contributed by atoms with Crippen LogP contribution in [-0.2, 0) is 9.47 Å². The van der Waals surface area contributed by atoms with Crippen molar-refractivity contribution in [3.63, 3.8) is 0 Å². The standard InChI is InChI=1S/C26H30FN7O3/c27-18-8-6-17(7-9-18)22-23(34-13-15-37-26(34)32-22)20-10-11-28-24(30-20)29-19-4-3-12-33(16-19)25(35)31-21-5-1-2-14-36-21/h6-11,13,15,19,21-23H,1-5,12,14,16H2,(H,31,35)(H,28,29,30)/t19-,21?,22?,23?/m1/s1. The van der Waals surface area contributed by atoms with Crippen molar-refractivity contribution in [1.29, 1.82) is 0 Å². The first kappa shape index (κ1) is 23.7. The smallest absolute Gasteiger partial charge is 0.319 e. The van der Waals surface area contributed by atoms with Crippen LogP contribution in [0.15, 0.2) is 54.0 Å². The lowest BCUT2D eigenvalue weighted by atomic mass is 9.97. The molecule has 37 heavy (non-hydrogen) atoms. The highest BCUT2D eigenvalue weighted by Gasteiger charge is 2.41. The fourth-order valence-corrected chi connectivity index (χ4v) is 5.31. The third-order valence-corrected chi connectivity index (χ3v) is 7.16. The van der Waals surface area contributed by atoms with Gasteiger partial charge in [-0.3, -0.25) is 4.90 Å². The van der Waals surface area contributed by atoms with Gasteiger partial charge in [-0.2, -0.15) is 0 Å². The summed E-state index contributed by atoms with van der Waals surface area (Å²) in [5, 5.41) is 6.44. The SMILES string of the molecule is O=C(NC1CCCCO1)N1CCC[C@@H](Nc2nccc(C3C(c4ccc(F)cc4)N=C4OC=CN43)n2)C1.